The maximum atomic E-state index is 5.95. The first-order valence-corrected chi connectivity index (χ1v) is 4.82. The second-order valence-corrected chi connectivity index (χ2v) is 3.86. The lowest BCUT2D eigenvalue weighted by Crippen LogP contribution is -2.13. The van der Waals surface area contributed by atoms with E-state index in [9.17, 15) is 0 Å². The fourth-order valence-electron chi connectivity index (χ4n) is 1.14. The SMILES string of the molecule is Cc1ncc(CC(C)CN)cc1Cl. The lowest BCUT2D eigenvalue weighted by Gasteiger charge is -2.08. The van der Waals surface area contributed by atoms with Crippen LogP contribution in [0.15, 0.2) is 12.3 Å². The van der Waals surface area contributed by atoms with Crippen molar-refractivity contribution >= 4 is 11.6 Å². The second-order valence-electron chi connectivity index (χ2n) is 3.46. The summed E-state index contributed by atoms with van der Waals surface area (Å²) in [4.78, 5) is 4.19. The average molecular weight is 199 g/mol. The van der Waals surface area contributed by atoms with Crippen LogP contribution in [0.4, 0.5) is 0 Å². The van der Waals surface area contributed by atoms with Crippen LogP contribution in [0.5, 0.6) is 0 Å². The van der Waals surface area contributed by atoms with E-state index in [1.807, 2.05) is 19.2 Å². The Labute approximate surface area is 84.1 Å². The number of aromatic nitrogens is 1. The topological polar surface area (TPSA) is 38.9 Å². The van der Waals surface area contributed by atoms with Gasteiger partial charge in [-0.05, 0) is 37.4 Å². The Hall–Kier alpha value is -0.600. The summed E-state index contributed by atoms with van der Waals surface area (Å²) in [5.41, 5.74) is 7.58. The van der Waals surface area contributed by atoms with Crippen LogP contribution in [-0.2, 0) is 6.42 Å². The summed E-state index contributed by atoms with van der Waals surface area (Å²) in [6, 6.07) is 1.97. The van der Waals surface area contributed by atoms with Crippen LogP contribution in [0, 0.1) is 12.8 Å². The van der Waals surface area contributed by atoms with Crippen molar-refractivity contribution in [1.82, 2.24) is 4.98 Å². The van der Waals surface area contributed by atoms with E-state index < -0.39 is 0 Å². The van der Waals surface area contributed by atoms with E-state index in [2.05, 4.69) is 11.9 Å². The number of aryl methyl sites for hydroxylation is 1. The van der Waals surface area contributed by atoms with Gasteiger partial charge in [0, 0.05) is 6.20 Å². The predicted octanol–water partition coefficient (Wildman–Crippen LogP) is 2.18. The molecule has 0 saturated carbocycles. The number of rotatable bonds is 3. The molecule has 0 fully saturated rings. The quantitative estimate of drug-likeness (QED) is 0.809. The Balaban J connectivity index is 2.73. The minimum atomic E-state index is 0.487. The van der Waals surface area contributed by atoms with Crippen molar-refractivity contribution in [3.05, 3.63) is 28.5 Å². The van der Waals surface area contributed by atoms with Crippen LogP contribution < -0.4 is 5.73 Å². The summed E-state index contributed by atoms with van der Waals surface area (Å²) in [5, 5.41) is 0.738. The molecular formula is C10H15ClN2. The standard InChI is InChI=1S/C10H15ClN2/c1-7(5-12)3-9-4-10(11)8(2)13-6-9/h4,6-7H,3,5,12H2,1-2H3. The van der Waals surface area contributed by atoms with Gasteiger partial charge in [-0.1, -0.05) is 18.5 Å². The van der Waals surface area contributed by atoms with Gasteiger partial charge in [-0.3, -0.25) is 4.98 Å². The largest absolute Gasteiger partial charge is 0.330 e. The first-order chi connectivity index (χ1) is 6.13. The van der Waals surface area contributed by atoms with E-state index in [0.717, 1.165) is 22.7 Å². The molecule has 0 spiro atoms. The summed E-state index contributed by atoms with van der Waals surface area (Å²) in [5.74, 6) is 0.487. The number of halogens is 1. The minimum Gasteiger partial charge on any atom is -0.330 e. The first-order valence-electron chi connectivity index (χ1n) is 4.44. The third-order valence-electron chi connectivity index (χ3n) is 2.07. The molecule has 1 rings (SSSR count). The fraction of sp³-hybridized carbons (Fsp3) is 0.500. The van der Waals surface area contributed by atoms with Crippen molar-refractivity contribution in [2.75, 3.05) is 6.54 Å². The molecule has 0 aliphatic heterocycles. The monoisotopic (exact) mass is 198 g/mol. The molecule has 1 aromatic heterocycles. The molecule has 1 aromatic rings. The molecule has 13 heavy (non-hydrogen) atoms. The van der Waals surface area contributed by atoms with Crippen LogP contribution in [0.1, 0.15) is 18.2 Å². The zero-order valence-electron chi connectivity index (χ0n) is 8.05. The Morgan fingerprint density at radius 1 is 1.62 bits per heavy atom. The summed E-state index contributed by atoms with van der Waals surface area (Å²) < 4.78 is 0. The molecule has 0 amide bonds. The summed E-state index contributed by atoms with van der Waals surface area (Å²) in [6.07, 6.45) is 2.82. The Kier molecular flexibility index (Phi) is 3.70. The minimum absolute atomic E-state index is 0.487. The molecule has 2 nitrogen and oxygen atoms in total. The maximum Gasteiger partial charge on any atom is 0.0621 e. The van der Waals surface area contributed by atoms with Gasteiger partial charge in [0.05, 0.1) is 10.7 Å². The maximum absolute atomic E-state index is 5.95. The van der Waals surface area contributed by atoms with Crippen molar-refractivity contribution in [2.24, 2.45) is 11.7 Å². The molecule has 0 aliphatic carbocycles. The van der Waals surface area contributed by atoms with Gasteiger partial charge in [0.25, 0.3) is 0 Å². The molecule has 0 radical (unpaired) electrons. The van der Waals surface area contributed by atoms with Gasteiger partial charge in [-0.25, -0.2) is 0 Å². The van der Waals surface area contributed by atoms with Crippen molar-refractivity contribution < 1.29 is 0 Å². The molecule has 0 bridgehead atoms. The molecule has 1 heterocycles. The number of nitrogens with zero attached hydrogens (tertiary/aromatic N) is 1. The molecule has 72 valence electrons. The summed E-state index contributed by atoms with van der Waals surface area (Å²) in [6.45, 7) is 4.72. The molecule has 1 atom stereocenters. The van der Waals surface area contributed by atoms with E-state index in [1.165, 1.54) is 0 Å². The Bertz CT molecular complexity index is 286. The Morgan fingerprint density at radius 3 is 2.85 bits per heavy atom. The van der Waals surface area contributed by atoms with Gasteiger partial charge in [-0.2, -0.15) is 0 Å². The van der Waals surface area contributed by atoms with E-state index >= 15 is 0 Å². The van der Waals surface area contributed by atoms with Crippen LogP contribution in [0.2, 0.25) is 5.02 Å². The third kappa shape index (κ3) is 2.98. The number of pyridine rings is 1. The van der Waals surface area contributed by atoms with Gasteiger partial charge in [-0.15, -0.1) is 0 Å². The van der Waals surface area contributed by atoms with Gasteiger partial charge >= 0.3 is 0 Å². The van der Waals surface area contributed by atoms with Gasteiger partial charge in [0.15, 0.2) is 0 Å². The van der Waals surface area contributed by atoms with Crippen LogP contribution in [0.25, 0.3) is 0 Å². The zero-order chi connectivity index (χ0) is 9.84. The summed E-state index contributed by atoms with van der Waals surface area (Å²) >= 11 is 5.95. The highest BCUT2D eigenvalue weighted by Gasteiger charge is 2.03. The van der Waals surface area contributed by atoms with Crippen molar-refractivity contribution in [2.45, 2.75) is 20.3 Å². The van der Waals surface area contributed by atoms with E-state index in [1.54, 1.807) is 0 Å². The van der Waals surface area contributed by atoms with E-state index in [-0.39, 0.29) is 0 Å². The number of hydrogen-bond donors (Lipinski definition) is 1. The molecule has 0 aliphatic rings. The zero-order valence-corrected chi connectivity index (χ0v) is 8.80. The highest BCUT2D eigenvalue weighted by atomic mass is 35.5. The number of nitrogens with two attached hydrogens (primary N) is 1. The van der Waals surface area contributed by atoms with Crippen LogP contribution >= 0.6 is 11.6 Å². The fourth-order valence-corrected chi connectivity index (χ4v) is 1.33. The van der Waals surface area contributed by atoms with Gasteiger partial charge < -0.3 is 5.73 Å². The molecule has 0 saturated heterocycles. The lowest BCUT2D eigenvalue weighted by molar-refractivity contribution is 0.592. The third-order valence-corrected chi connectivity index (χ3v) is 2.45. The van der Waals surface area contributed by atoms with E-state index in [4.69, 9.17) is 17.3 Å². The lowest BCUT2D eigenvalue weighted by atomic mass is 10.0. The van der Waals surface area contributed by atoms with Crippen LogP contribution in [-0.4, -0.2) is 11.5 Å². The van der Waals surface area contributed by atoms with Crippen molar-refractivity contribution in [3.63, 3.8) is 0 Å². The number of hydrogen-bond acceptors (Lipinski definition) is 2. The smallest absolute Gasteiger partial charge is 0.0621 e. The van der Waals surface area contributed by atoms with E-state index in [0.29, 0.717) is 12.5 Å². The Morgan fingerprint density at radius 2 is 2.31 bits per heavy atom. The highest BCUT2D eigenvalue weighted by molar-refractivity contribution is 6.31. The van der Waals surface area contributed by atoms with Crippen molar-refractivity contribution in [3.8, 4) is 0 Å². The molecule has 1 unspecified atom stereocenters. The molecule has 0 aromatic carbocycles. The summed E-state index contributed by atoms with van der Waals surface area (Å²) in [7, 11) is 0. The average Bonchev–Trinajstić information content (AvgIpc) is 2.11. The van der Waals surface area contributed by atoms with Crippen LogP contribution in [0.3, 0.4) is 0 Å². The van der Waals surface area contributed by atoms with Crippen molar-refractivity contribution in [1.29, 1.82) is 0 Å². The molecule has 2 N–H and O–H groups in total. The molecular weight excluding hydrogens is 184 g/mol. The van der Waals surface area contributed by atoms with Gasteiger partial charge in [0.1, 0.15) is 0 Å². The normalized spacial score (nSPS) is 12.9. The van der Waals surface area contributed by atoms with Gasteiger partial charge in [0.2, 0.25) is 0 Å². The molecule has 3 heteroatoms. The predicted molar refractivity (Wildman–Crippen MR) is 55.9 cm³/mol. The highest BCUT2D eigenvalue weighted by Crippen LogP contribution is 2.16. The second kappa shape index (κ2) is 4.58. The first kappa shape index (κ1) is 10.5.